The number of hydrogen-bond acceptors (Lipinski definition) is 4. The van der Waals surface area contributed by atoms with E-state index < -0.39 is 0 Å². The number of hydrogen-bond donors (Lipinski definition) is 2. The molecular weight excluding hydrogens is 244 g/mol. The largest absolute Gasteiger partial charge is 0.388 e. The number of nitrogens with zero attached hydrogens (tertiary/aromatic N) is 2. The van der Waals surface area contributed by atoms with Gasteiger partial charge in [0.15, 0.2) is 0 Å². The Hall–Kier alpha value is -1.23. The van der Waals surface area contributed by atoms with Crippen molar-refractivity contribution in [3.8, 4) is 0 Å². The first-order valence-corrected chi connectivity index (χ1v) is 7.04. The van der Waals surface area contributed by atoms with E-state index in [2.05, 4.69) is 15.3 Å². The fraction of sp³-hybridized carbons (Fsp3) is 0.615. The van der Waals surface area contributed by atoms with Gasteiger partial charge in [0.2, 0.25) is 5.95 Å². The van der Waals surface area contributed by atoms with Crippen molar-refractivity contribution in [1.29, 1.82) is 0 Å². The number of rotatable bonds is 3. The van der Waals surface area contributed by atoms with Gasteiger partial charge in [0.05, 0.1) is 0 Å². The zero-order chi connectivity index (χ0) is 12.3. The van der Waals surface area contributed by atoms with Crippen LogP contribution in [-0.2, 0) is 0 Å². The lowest BCUT2D eigenvalue weighted by molar-refractivity contribution is 0.456. The normalized spacial score (nSPS) is 39.4. The molecule has 2 bridgehead atoms. The summed E-state index contributed by atoms with van der Waals surface area (Å²) in [5.74, 6) is 4.34. The fourth-order valence-electron chi connectivity index (χ4n) is 4.23. The third kappa shape index (κ3) is 1.46. The van der Waals surface area contributed by atoms with Crippen LogP contribution in [0.3, 0.4) is 0 Å². The van der Waals surface area contributed by atoms with Crippen molar-refractivity contribution in [2.45, 2.75) is 25.3 Å². The number of thiocarbonyl (C=S) groups is 1. The molecule has 4 rings (SSSR count). The number of fused-ring (bicyclic) bond motifs is 5. The summed E-state index contributed by atoms with van der Waals surface area (Å²) in [4.78, 5) is 8.95. The van der Waals surface area contributed by atoms with Gasteiger partial charge in [0.1, 0.15) is 10.7 Å². The Morgan fingerprint density at radius 1 is 1.33 bits per heavy atom. The van der Waals surface area contributed by atoms with E-state index >= 15 is 0 Å². The fourth-order valence-corrected chi connectivity index (χ4v) is 4.35. The van der Waals surface area contributed by atoms with E-state index in [4.69, 9.17) is 18.0 Å². The molecule has 4 atom stereocenters. The van der Waals surface area contributed by atoms with E-state index in [9.17, 15) is 0 Å². The molecule has 0 spiro atoms. The molecule has 3 aliphatic carbocycles. The third-order valence-corrected chi connectivity index (χ3v) is 5.15. The summed E-state index contributed by atoms with van der Waals surface area (Å²) >= 11 is 4.94. The maximum atomic E-state index is 5.59. The highest BCUT2D eigenvalue weighted by molar-refractivity contribution is 7.80. The summed E-state index contributed by atoms with van der Waals surface area (Å²) in [6.07, 6.45) is 6.04. The third-order valence-electron chi connectivity index (χ3n) is 4.94. The first-order valence-electron chi connectivity index (χ1n) is 6.63. The smallest absolute Gasteiger partial charge is 0.223 e. The first kappa shape index (κ1) is 10.7. The Bertz CT molecular complexity index is 501. The lowest BCUT2D eigenvalue weighted by atomic mass is 10.0. The lowest BCUT2D eigenvalue weighted by Crippen LogP contribution is -2.17. The van der Waals surface area contributed by atoms with Crippen molar-refractivity contribution < 1.29 is 0 Å². The second-order valence-electron chi connectivity index (χ2n) is 5.79. The average molecular weight is 260 g/mol. The first-order chi connectivity index (χ1) is 8.74. The minimum Gasteiger partial charge on any atom is -0.388 e. The molecular formula is C13H16N4S. The van der Waals surface area contributed by atoms with E-state index in [1.165, 1.54) is 19.3 Å². The van der Waals surface area contributed by atoms with Crippen LogP contribution < -0.4 is 11.1 Å². The minimum absolute atomic E-state index is 0.330. The van der Waals surface area contributed by atoms with Gasteiger partial charge in [-0.2, -0.15) is 0 Å². The van der Waals surface area contributed by atoms with Crippen molar-refractivity contribution >= 4 is 23.2 Å². The zero-order valence-electron chi connectivity index (χ0n) is 10.0. The molecule has 0 radical (unpaired) electrons. The Morgan fingerprint density at radius 3 is 2.72 bits per heavy atom. The summed E-state index contributed by atoms with van der Waals surface area (Å²) < 4.78 is 0. The molecule has 3 fully saturated rings. The van der Waals surface area contributed by atoms with Gasteiger partial charge in [-0.05, 0) is 49.0 Å². The van der Waals surface area contributed by atoms with Gasteiger partial charge in [-0.1, -0.05) is 12.2 Å². The van der Waals surface area contributed by atoms with E-state index in [1.807, 2.05) is 0 Å². The Morgan fingerprint density at radius 2 is 2.06 bits per heavy atom. The number of nitrogens with two attached hydrogens (primary N) is 1. The molecule has 0 saturated heterocycles. The van der Waals surface area contributed by atoms with Crippen LogP contribution in [0.2, 0.25) is 0 Å². The highest BCUT2D eigenvalue weighted by atomic mass is 32.1. The van der Waals surface area contributed by atoms with Gasteiger partial charge in [-0.15, -0.1) is 0 Å². The van der Waals surface area contributed by atoms with Crippen LogP contribution >= 0.6 is 12.2 Å². The van der Waals surface area contributed by atoms with Crippen LogP contribution in [0, 0.1) is 23.7 Å². The zero-order valence-corrected chi connectivity index (χ0v) is 10.9. The van der Waals surface area contributed by atoms with Crippen LogP contribution in [0.15, 0.2) is 12.3 Å². The summed E-state index contributed by atoms with van der Waals surface area (Å²) in [6, 6.07) is 2.35. The number of aromatic nitrogens is 2. The van der Waals surface area contributed by atoms with Crippen LogP contribution in [0.5, 0.6) is 0 Å². The molecule has 1 aromatic heterocycles. The van der Waals surface area contributed by atoms with Crippen molar-refractivity contribution in [2.75, 3.05) is 5.32 Å². The predicted molar refractivity (Wildman–Crippen MR) is 73.1 cm³/mol. The molecule has 0 amide bonds. The Kier molecular flexibility index (Phi) is 2.15. The number of nitrogens with one attached hydrogen (secondary N) is 1. The molecule has 3 aliphatic rings. The van der Waals surface area contributed by atoms with E-state index in [0.29, 0.717) is 22.7 Å². The quantitative estimate of drug-likeness (QED) is 0.808. The van der Waals surface area contributed by atoms with Crippen molar-refractivity contribution in [3.63, 3.8) is 0 Å². The molecule has 0 aliphatic heterocycles. The standard InChI is InChI=1S/C13H16N4S/c14-12(18)8-3-4-15-13(16-8)17-11-9-6-1-2-7(5-6)10(9)11/h3-4,6-7,9-11H,1-2,5H2,(H2,14,18)(H,15,16,17). The van der Waals surface area contributed by atoms with Crippen molar-refractivity contribution in [1.82, 2.24) is 9.97 Å². The lowest BCUT2D eigenvalue weighted by Gasteiger charge is -2.10. The molecule has 4 unspecified atom stereocenters. The number of anilines is 1. The van der Waals surface area contributed by atoms with Crippen LogP contribution in [-0.4, -0.2) is 21.0 Å². The van der Waals surface area contributed by atoms with Crippen molar-refractivity contribution in [2.24, 2.45) is 29.4 Å². The molecule has 0 aromatic carbocycles. The predicted octanol–water partition coefficient (Wildman–Crippen LogP) is 1.57. The molecule has 5 heteroatoms. The highest BCUT2D eigenvalue weighted by Crippen LogP contribution is 2.66. The molecule has 18 heavy (non-hydrogen) atoms. The summed E-state index contributed by atoms with van der Waals surface area (Å²) in [5, 5.41) is 3.48. The van der Waals surface area contributed by atoms with E-state index in [1.54, 1.807) is 12.3 Å². The van der Waals surface area contributed by atoms with Crippen molar-refractivity contribution in [3.05, 3.63) is 18.0 Å². The SMILES string of the molecule is NC(=S)c1ccnc(NC2C3C4CCC(C4)C23)n1. The Labute approximate surface area is 111 Å². The maximum absolute atomic E-state index is 5.59. The minimum atomic E-state index is 0.330. The second kappa shape index (κ2) is 3.63. The highest BCUT2D eigenvalue weighted by Gasteiger charge is 2.65. The van der Waals surface area contributed by atoms with Gasteiger partial charge in [0, 0.05) is 12.2 Å². The van der Waals surface area contributed by atoms with Crippen LogP contribution in [0.1, 0.15) is 25.0 Å². The van der Waals surface area contributed by atoms with Gasteiger partial charge in [-0.3, -0.25) is 0 Å². The van der Waals surface area contributed by atoms with Gasteiger partial charge >= 0.3 is 0 Å². The maximum Gasteiger partial charge on any atom is 0.223 e. The second-order valence-corrected chi connectivity index (χ2v) is 6.23. The van der Waals surface area contributed by atoms with Gasteiger partial charge in [-0.25, -0.2) is 9.97 Å². The topological polar surface area (TPSA) is 63.8 Å². The molecule has 1 heterocycles. The van der Waals surface area contributed by atoms with E-state index in [-0.39, 0.29) is 0 Å². The molecule has 1 aromatic rings. The summed E-state index contributed by atoms with van der Waals surface area (Å²) in [6.45, 7) is 0. The molecule has 3 saturated carbocycles. The molecule has 4 nitrogen and oxygen atoms in total. The van der Waals surface area contributed by atoms with E-state index in [0.717, 1.165) is 23.7 Å². The molecule has 94 valence electrons. The van der Waals surface area contributed by atoms with Crippen LogP contribution in [0.4, 0.5) is 5.95 Å². The van der Waals surface area contributed by atoms with Gasteiger partial charge in [0.25, 0.3) is 0 Å². The summed E-state index contributed by atoms with van der Waals surface area (Å²) in [7, 11) is 0. The van der Waals surface area contributed by atoms with Crippen LogP contribution in [0.25, 0.3) is 0 Å². The Balaban J connectivity index is 1.50. The molecule has 3 N–H and O–H groups in total. The summed E-state index contributed by atoms with van der Waals surface area (Å²) in [5.41, 5.74) is 6.24. The van der Waals surface area contributed by atoms with Gasteiger partial charge < -0.3 is 11.1 Å². The monoisotopic (exact) mass is 260 g/mol. The average Bonchev–Trinajstić information content (AvgIpc) is 2.77.